The maximum Gasteiger partial charge on any atom is 0.138 e. The zero-order valence-corrected chi connectivity index (χ0v) is 13.2. The minimum atomic E-state index is -0.277. The van der Waals surface area contributed by atoms with Gasteiger partial charge in [-0.15, -0.1) is 11.8 Å². The van der Waals surface area contributed by atoms with Crippen LogP contribution in [0.2, 0.25) is 0 Å². The lowest BCUT2D eigenvalue weighted by atomic mass is 10.3. The minimum absolute atomic E-state index is 0.277. The smallest absolute Gasteiger partial charge is 0.138 e. The molecule has 0 saturated heterocycles. The predicted molar refractivity (Wildman–Crippen MR) is 80.7 cm³/mol. The van der Waals surface area contributed by atoms with Crippen LogP contribution in [0.3, 0.4) is 0 Å². The molecule has 6 heteroatoms. The Balaban J connectivity index is 2.18. The Kier molecular flexibility index (Phi) is 4.52. The van der Waals surface area contributed by atoms with Crippen molar-refractivity contribution in [2.24, 2.45) is 0 Å². The van der Waals surface area contributed by atoms with Crippen LogP contribution in [0, 0.1) is 12.7 Å². The third-order valence-corrected chi connectivity index (χ3v) is 4.86. The lowest BCUT2D eigenvalue weighted by Gasteiger charge is -2.07. The molecule has 0 aliphatic heterocycles. The molecule has 0 aliphatic carbocycles. The Morgan fingerprint density at radius 1 is 1.47 bits per heavy atom. The summed E-state index contributed by atoms with van der Waals surface area (Å²) in [5.74, 6) is 0.385. The summed E-state index contributed by atoms with van der Waals surface area (Å²) in [7, 11) is 0. The molecule has 2 aromatic rings. The largest absolute Gasteiger partial charge is 0.399 e. The van der Waals surface area contributed by atoms with Crippen LogP contribution in [-0.4, -0.2) is 9.78 Å². The molecule has 1 aromatic heterocycles. The first kappa shape index (κ1) is 14.4. The Morgan fingerprint density at radius 3 is 2.84 bits per heavy atom. The predicted octanol–water partition coefficient (Wildman–Crippen LogP) is 3.99. The maximum absolute atomic E-state index is 13.7. The summed E-state index contributed by atoms with van der Waals surface area (Å²) in [6.07, 6.45) is 0. The van der Waals surface area contributed by atoms with Crippen LogP contribution < -0.4 is 5.73 Å². The van der Waals surface area contributed by atoms with Gasteiger partial charge >= 0.3 is 0 Å². The molecule has 0 radical (unpaired) electrons. The molecule has 0 bridgehead atoms. The number of hydrogen-bond acceptors (Lipinski definition) is 3. The lowest BCUT2D eigenvalue weighted by Crippen LogP contribution is -2.01. The van der Waals surface area contributed by atoms with Gasteiger partial charge in [0.15, 0.2) is 0 Å². The van der Waals surface area contributed by atoms with E-state index in [0.717, 1.165) is 22.4 Å². The number of anilines is 1. The molecule has 102 valence electrons. The molecular formula is C13H15BrFN3S. The molecule has 0 atom stereocenters. The zero-order chi connectivity index (χ0) is 14.0. The van der Waals surface area contributed by atoms with E-state index in [1.165, 1.54) is 17.8 Å². The highest BCUT2D eigenvalue weighted by atomic mass is 79.9. The molecule has 0 amide bonds. The molecule has 2 N–H and O–H groups in total. The van der Waals surface area contributed by atoms with E-state index in [4.69, 9.17) is 5.73 Å². The third-order valence-electron chi connectivity index (χ3n) is 2.77. The zero-order valence-electron chi connectivity index (χ0n) is 10.8. The van der Waals surface area contributed by atoms with Crippen molar-refractivity contribution in [3.63, 3.8) is 0 Å². The number of nitrogen functional groups attached to an aromatic ring is 1. The van der Waals surface area contributed by atoms with E-state index in [0.29, 0.717) is 16.3 Å². The number of hydrogen-bond donors (Lipinski definition) is 1. The van der Waals surface area contributed by atoms with Gasteiger partial charge in [0.05, 0.1) is 15.9 Å². The van der Waals surface area contributed by atoms with Gasteiger partial charge in [0.1, 0.15) is 5.82 Å². The lowest BCUT2D eigenvalue weighted by molar-refractivity contribution is 0.602. The second kappa shape index (κ2) is 5.96. The van der Waals surface area contributed by atoms with Crippen molar-refractivity contribution in [1.29, 1.82) is 0 Å². The Labute approximate surface area is 124 Å². The van der Waals surface area contributed by atoms with Crippen LogP contribution in [-0.2, 0) is 12.3 Å². The molecule has 0 aliphatic rings. The van der Waals surface area contributed by atoms with Crippen LogP contribution in [0.1, 0.15) is 18.3 Å². The highest BCUT2D eigenvalue weighted by Gasteiger charge is 2.13. The van der Waals surface area contributed by atoms with E-state index in [9.17, 15) is 4.39 Å². The third kappa shape index (κ3) is 3.12. The van der Waals surface area contributed by atoms with Crippen LogP contribution in [0.25, 0.3) is 0 Å². The number of nitrogens with zero attached hydrogens (tertiary/aromatic N) is 2. The van der Waals surface area contributed by atoms with Crippen molar-refractivity contribution >= 4 is 33.4 Å². The number of halogens is 2. The molecular weight excluding hydrogens is 329 g/mol. The van der Waals surface area contributed by atoms with E-state index in [2.05, 4.69) is 21.0 Å². The van der Waals surface area contributed by atoms with Gasteiger partial charge in [-0.2, -0.15) is 5.10 Å². The number of nitrogens with two attached hydrogens (primary N) is 1. The first-order chi connectivity index (χ1) is 9.02. The molecule has 3 nitrogen and oxygen atoms in total. The van der Waals surface area contributed by atoms with Crippen LogP contribution >= 0.6 is 27.7 Å². The summed E-state index contributed by atoms with van der Waals surface area (Å²) >= 11 is 4.98. The molecule has 1 heterocycles. The number of thioether (sulfide) groups is 1. The molecule has 0 saturated carbocycles. The highest BCUT2D eigenvalue weighted by molar-refractivity contribution is 9.10. The summed E-state index contributed by atoms with van der Waals surface area (Å²) in [5.41, 5.74) is 8.00. The fourth-order valence-electron chi connectivity index (χ4n) is 1.79. The van der Waals surface area contributed by atoms with Gasteiger partial charge in [-0.25, -0.2) is 4.39 Å². The second-order valence-electron chi connectivity index (χ2n) is 4.14. The molecule has 0 fully saturated rings. The fourth-order valence-corrected chi connectivity index (χ4v) is 3.34. The topological polar surface area (TPSA) is 43.8 Å². The van der Waals surface area contributed by atoms with Crippen LogP contribution in [0.5, 0.6) is 0 Å². The number of benzene rings is 1. The van der Waals surface area contributed by atoms with Gasteiger partial charge in [0, 0.05) is 22.9 Å². The normalized spacial score (nSPS) is 10.9. The Hall–Kier alpha value is -1.01. The van der Waals surface area contributed by atoms with Crippen molar-refractivity contribution in [2.45, 2.75) is 31.0 Å². The first-order valence-electron chi connectivity index (χ1n) is 5.92. The summed E-state index contributed by atoms with van der Waals surface area (Å²) in [6, 6.07) is 4.77. The standard InChI is InChI=1S/C13H15BrFN3S/c1-3-18-11(13(14)8(2)17-18)7-19-12-5-4-9(16)6-10(12)15/h4-6H,3,7,16H2,1-2H3. The quantitative estimate of drug-likeness (QED) is 0.674. The van der Waals surface area contributed by atoms with Gasteiger partial charge in [-0.1, -0.05) is 0 Å². The second-order valence-corrected chi connectivity index (χ2v) is 5.95. The molecule has 0 spiro atoms. The summed E-state index contributed by atoms with van der Waals surface area (Å²) < 4.78 is 16.6. The van der Waals surface area contributed by atoms with Gasteiger partial charge in [-0.05, 0) is 48.0 Å². The number of rotatable bonds is 4. The van der Waals surface area contributed by atoms with Crippen LogP contribution in [0.15, 0.2) is 27.6 Å². The number of aryl methyl sites for hydroxylation is 2. The molecule has 0 unspecified atom stereocenters. The van der Waals surface area contributed by atoms with Crippen molar-refractivity contribution in [2.75, 3.05) is 5.73 Å². The van der Waals surface area contributed by atoms with E-state index in [-0.39, 0.29) is 5.82 Å². The van der Waals surface area contributed by atoms with E-state index < -0.39 is 0 Å². The summed E-state index contributed by atoms with van der Waals surface area (Å²) in [6.45, 7) is 4.79. The van der Waals surface area contributed by atoms with E-state index >= 15 is 0 Å². The fraction of sp³-hybridized carbons (Fsp3) is 0.308. The minimum Gasteiger partial charge on any atom is -0.399 e. The Bertz CT molecular complexity index is 598. The van der Waals surface area contributed by atoms with Crippen molar-refractivity contribution in [3.8, 4) is 0 Å². The van der Waals surface area contributed by atoms with Crippen molar-refractivity contribution < 1.29 is 4.39 Å². The highest BCUT2D eigenvalue weighted by Crippen LogP contribution is 2.30. The molecule has 1 aromatic carbocycles. The Morgan fingerprint density at radius 2 is 2.21 bits per heavy atom. The maximum atomic E-state index is 13.7. The van der Waals surface area contributed by atoms with Gasteiger partial charge < -0.3 is 5.73 Å². The first-order valence-corrected chi connectivity index (χ1v) is 7.70. The number of aromatic nitrogens is 2. The van der Waals surface area contributed by atoms with Crippen molar-refractivity contribution in [1.82, 2.24) is 9.78 Å². The average Bonchev–Trinajstić information content (AvgIpc) is 2.65. The SMILES string of the molecule is CCn1nc(C)c(Br)c1CSc1ccc(N)cc1F. The molecule has 19 heavy (non-hydrogen) atoms. The van der Waals surface area contributed by atoms with Gasteiger partial charge in [0.2, 0.25) is 0 Å². The molecule has 2 rings (SSSR count). The van der Waals surface area contributed by atoms with E-state index in [1.54, 1.807) is 12.1 Å². The van der Waals surface area contributed by atoms with Gasteiger partial charge in [-0.3, -0.25) is 4.68 Å². The van der Waals surface area contributed by atoms with Crippen molar-refractivity contribution in [3.05, 3.63) is 39.9 Å². The van der Waals surface area contributed by atoms with E-state index in [1.807, 2.05) is 18.5 Å². The average molecular weight is 344 g/mol. The van der Waals surface area contributed by atoms with Gasteiger partial charge in [0.25, 0.3) is 0 Å². The summed E-state index contributed by atoms with van der Waals surface area (Å²) in [4.78, 5) is 0.600. The van der Waals surface area contributed by atoms with Crippen LogP contribution in [0.4, 0.5) is 10.1 Å². The monoisotopic (exact) mass is 343 g/mol. The summed E-state index contributed by atoms with van der Waals surface area (Å²) in [5, 5.41) is 4.42.